The van der Waals surface area contributed by atoms with Crippen LogP contribution >= 0.6 is 23.4 Å². The molecule has 1 atom stereocenters. The Morgan fingerprint density at radius 2 is 1.76 bits per heavy atom. The third-order valence-corrected chi connectivity index (χ3v) is 7.73. The third kappa shape index (κ3) is 6.51. The third-order valence-electron chi connectivity index (χ3n) is 6.22. The Labute approximate surface area is 205 Å². The van der Waals surface area contributed by atoms with Gasteiger partial charge >= 0.3 is 0 Å². The summed E-state index contributed by atoms with van der Waals surface area (Å²) >= 11 is 7.60. The van der Waals surface area contributed by atoms with E-state index in [-0.39, 0.29) is 17.2 Å². The predicted molar refractivity (Wildman–Crippen MR) is 135 cm³/mol. The Bertz CT molecular complexity index is 946. The summed E-state index contributed by atoms with van der Waals surface area (Å²) in [5.74, 6) is 0.545. The molecule has 8 heteroatoms. The summed E-state index contributed by atoms with van der Waals surface area (Å²) in [7, 11) is 2.16. The summed E-state index contributed by atoms with van der Waals surface area (Å²) in [5, 5.41) is 3.67. The van der Waals surface area contributed by atoms with Crippen LogP contribution in [-0.4, -0.2) is 78.6 Å². The number of hydrogen-bond donors (Lipinski definition) is 1. The minimum atomic E-state index is -0.0481. The van der Waals surface area contributed by atoms with Crippen LogP contribution in [0.5, 0.6) is 0 Å². The van der Waals surface area contributed by atoms with Crippen molar-refractivity contribution in [1.82, 2.24) is 20.0 Å². The second-order valence-corrected chi connectivity index (χ2v) is 10.2. The van der Waals surface area contributed by atoms with E-state index in [2.05, 4.69) is 22.2 Å². The zero-order valence-corrected chi connectivity index (χ0v) is 20.6. The van der Waals surface area contributed by atoms with E-state index in [1.54, 1.807) is 11.8 Å². The number of hydrogen-bond acceptors (Lipinski definition) is 5. The molecule has 6 nitrogen and oxygen atoms in total. The fourth-order valence-corrected chi connectivity index (χ4v) is 5.48. The monoisotopic (exact) mass is 486 g/mol. The van der Waals surface area contributed by atoms with Gasteiger partial charge < -0.3 is 20.0 Å². The molecule has 2 saturated heterocycles. The molecule has 1 unspecified atom stereocenters. The lowest BCUT2D eigenvalue weighted by molar-refractivity contribution is -0.128. The molecule has 2 amide bonds. The van der Waals surface area contributed by atoms with Gasteiger partial charge in [0.25, 0.3) is 5.91 Å². The molecule has 0 radical (unpaired) electrons. The summed E-state index contributed by atoms with van der Waals surface area (Å²) in [6.07, 6.45) is 0.952. The fourth-order valence-electron chi connectivity index (χ4n) is 4.16. The van der Waals surface area contributed by atoms with Crippen LogP contribution in [0.3, 0.4) is 0 Å². The lowest BCUT2D eigenvalue weighted by atomic mass is 10.1. The van der Waals surface area contributed by atoms with E-state index in [4.69, 9.17) is 11.6 Å². The van der Waals surface area contributed by atoms with Gasteiger partial charge in [0.1, 0.15) is 5.37 Å². The number of thioether (sulfide) groups is 1. The van der Waals surface area contributed by atoms with Crippen molar-refractivity contribution in [2.75, 3.05) is 52.1 Å². The van der Waals surface area contributed by atoms with Gasteiger partial charge in [-0.05, 0) is 55.4 Å². The van der Waals surface area contributed by atoms with Crippen molar-refractivity contribution in [1.29, 1.82) is 0 Å². The molecule has 4 rings (SSSR count). The second kappa shape index (κ2) is 11.4. The maximum Gasteiger partial charge on any atom is 0.251 e. The van der Waals surface area contributed by atoms with Crippen molar-refractivity contribution >= 4 is 35.2 Å². The van der Waals surface area contributed by atoms with E-state index in [0.29, 0.717) is 29.4 Å². The van der Waals surface area contributed by atoms with Gasteiger partial charge in [0, 0.05) is 49.9 Å². The van der Waals surface area contributed by atoms with Gasteiger partial charge in [-0.15, -0.1) is 11.8 Å². The number of rotatable bonds is 8. The first-order valence-electron chi connectivity index (χ1n) is 11.4. The molecular formula is C25H31ClN4O2S. The number of piperazine rings is 1. The van der Waals surface area contributed by atoms with Gasteiger partial charge in [-0.1, -0.05) is 35.9 Å². The largest absolute Gasteiger partial charge is 0.352 e. The van der Waals surface area contributed by atoms with E-state index < -0.39 is 0 Å². The van der Waals surface area contributed by atoms with Crippen LogP contribution < -0.4 is 5.32 Å². The van der Waals surface area contributed by atoms with Crippen LogP contribution in [0, 0.1) is 0 Å². The molecule has 0 aromatic heterocycles. The number of amides is 2. The average Bonchev–Trinajstić information content (AvgIpc) is 3.19. The zero-order chi connectivity index (χ0) is 23.2. The number of carbonyl (C=O) groups excluding carboxylic acids is 2. The number of nitrogens with one attached hydrogen (secondary N) is 1. The predicted octanol–water partition coefficient (Wildman–Crippen LogP) is 3.48. The second-order valence-electron chi connectivity index (χ2n) is 8.69. The number of benzene rings is 2. The number of nitrogens with zero attached hydrogens (tertiary/aromatic N) is 3. The molecular weight excluding hydrogens is 456 g/mol. The first-order chi connectivity index (χ1) is 16.0. The maximum absolute atomic E-state index is 12.5. The van der Waals surface area contributed by atoms with Crippen molar-refractivity contribution in [2.24, 2.45) is 0 Å². The molecule has 2 fully saturated rings. The molecule has 0 saturated carbocycles. The molecule has 1 N–H and O–H groups in total. The Hall–Kier alpha value is -2.06. The first kappa shape index (κ1) is 24.1. The maximum atomic E-state index is 12.5. The Kier molecular flexibility index (Phi) is 8.30. The number of likely N-dealkylation sites (N-methyl/N-ethyl adjacent to an activating group) is 1. The van der Waals surface area contributed by atoms with Crippen molar-refractivity contribution in [3.63, 3.8) is 0 Å². The van der Waals surface area contributed by atoms with E-state index >= 15 is 0 Å². The standard InChI is InChI=1S/C25H31ClN4O2S/c1-28-13-15-29(16-14-28)12-2-11-27-24(32)20-5-7-21(8-6-20)25-30(23(31)18-33-25)17-19-3-9-22(26)10-4-19/h3-10,25H,2,11-18H2,1H3,(H,27,32). The Morgan fingerprint density at radius 1 is 1.06 bits per heavy atom. The minimum Gasteiger partial charge on any atom is -0.352 e. The normalized spacial score (nSPS) is 19.8. The van der Waals surface area contributed by atoms with Gasteiger partial charge in [0.2, 0.25) is 5.91 Å². The highest BCUT2D eigenvalue weighted by Gasteiger charge is 2.32. The molecule has 0 bridgehead atoms. The van der Waals surface area contributed by atoms with E-state index in [1.807, 2.05) is 53.4 Å². The molecule has 0 aliphatic carbocycles. The summed E-state index contributed by atoms with van der Waals surface area (Å²) < 4.78 is 0. The van der Waals surface area contributed by atoms with Crippen LogP contribution in [0.2, 0.25) is 5.02 Å². The molecule has 2 aromatic rings. The van der Waals surface area contributed by atoms with Crippen molar-refractivity contribution in [3.05, 3.63) is 70.2 Å². The molecule has 33 heavy (non-hydrogen) atoms. The topological polar surface area (TPSA) is 55.9 Å². The molecule has 2 aromatic carbocycles. The van der Waals surface area contributed by atoms with Crippen LogP contribution in [-0.2, 0) is 11.3 Å². The number of halogens is 1. The summed E-state index contributed by atoms with van der Waals surface area (Å²) in [6.45, 7) is 6.66. The molecule has 0 spiro atoms. The van der Waals surface area contributed by atoms with Crippen molar-refractivity contribution < 1.29 is 9.59 Å². The quantitative estimate of drug-likeness (QED) is 0.579. The van der Waals surface area contributed by atoms with Gasteiger partial charge in [-0.3, -0.25) is 9.59 Å². The van der Waals surface area contributed by atoms with Gasteiger partial charge in [0.15, 0.2) is 0 Å². The molecule has 2 aliphatic heterocycles. The molecule has 176 valence electrons. The van der Waals surface area contributed by atoms with E-state index in [1.165, 1.54) is 0 Å². The van der Waals surface area contributed by atoms with Gasteiger partial charge in [-0.25, -0.2) is 0 Å². The van der Waals surface area contributed by atoms with Crippen molar-refractivity contribution in [3.8, 4) is 0 Å². The van der Waals surface area contributed by atoms with Crippen LogP contribution in [0.15, 0.2) is 48.5 Å². The first-order valence-corrected chi connectivity index (χ1v) is 12.9. The van der Waals surface area contributed by atoms with Crippen LogP contribution in [0.4, 0.5) is 0 Å². The van der Waals surface area contributed by atoms with Crippen molar-refractivity contribution in [2.45, 2.75) is 18.3 Å². The molecule has 2 aliphatic rings. The SMILES string of the molecule is CN1CCN(CCCNC(=O)c2ccc(C3SCC(=O)N3Cc3ccc(Cl)cc3)cc2)CC1. The van der Waals surface area contributed by atoms with Crippen LogP contribution in [0.25, 0.3) is 0 Å². The van der Waals surface area contributed by atoms with Gasteiger partial charge in [0.05, 0.1) is 5.75 Å². The summed E-state index contributed by atoms with van der Waals surface area (Å²) in [4.78, 5) is 31.7. The Morgan fingerprint density at radius 3 is 2.45 bits per heavy atom. The fraction of sp³-hybridized carbons (Fsp3) is 0.440. The summed E-state index contributed by atoms with van der Waals surface area (Å²) in [6, 6.07) is 15.2. The lowest BCUT2D eigenvalue weighted by Crippen LogP contribution is -2.45. The Balaban J connectivity index is 1.28. The summed E-state index contributed by atoms with van der Waals surface area (Å²) in [5.41, 5.74) is 2.73. The van der Waals surface area contributed by atoms with Gasteiger partial charge in [-0.2, -0.15) is 0 Å². The van der Waals surface area contributed by atoms with E-state index in [9.17, 15) is 9.59 Å². The number of carbonyl (C=O) groups is 2. The lowest BCUT2D eigenvalue weighted by Gasteiger charge is -2.32. The van der Waals surface area contributed by atoms with E-state index in [0.717, 1.165) is 50.3 Å². The highest BCUT2D eigenvalue weighted by molar-refractivity contribution is 8.00. The zero-order valence-electron chi connectivity index (χ0n) is 19.0. The highest BCUT2D eigenvalue weighted by atomic mass is 35.5. The smallest absolute Gasteiger partial charge is 0.251 e. The van der Waals surface area contributed by atoms with Crippen LogP contribution in [0.1, 0.15) is 33.3 Å². The molecule has 2 heterocycles. The highest BCUT2D eigenvalue weighted by Crippen LogP contribution is 2.39. The average molecular weight is 487 g/mol. The minimum absolute atomic E-state index is 0.0473.